The standard InChI is InChI=1S/C26H32Cl2N6O2S/c1-18-13-22(27)31-25(28)24(18)26(36)30-7-3-19(2)33-9-4-21(5-10-33)34(14-20-6-12-37-16-20)23(35)15-32-11-8-29-17-32/h6,8,11-13,16-17,19,21H,3-5,7,9-10,14-15H2,1-2H3,(H,30,36). The molecule has 1 aliphatic heterocycles. The molecule has 4 heterocycles. The molecule has 198 valence electrons. The number of piperidine rings is 1. The van der Waals surface area contributed by atoms with Gasteiger partial charge < -0.3 is 19.7 Å². The van der Waals surface area contributed by atoms with Gasteiger partial charge in [-0.3, -0.25) is 9.59 Å². The molecular weight excluding hydrogens is 531 g/mol. The first kappa shape index (κ1) is 27.6. The molecular formula is C26H32Cl2N6O2S. The Morgan fingerprint density at radius 2 is 2.08 bits per heavy atom. The number of nitrogens with zero attached hydrogens (tertiary/aromatic N) is 5. The number of carbonyl (C=O) groups excluding carboxylic acids is 2. The molecule has 0 aliphatic carbocycles. The summed E-state index contributed by atoms with van der Waals surface area (Å²) in [7, 11) is 0. The quantitative estimate of drug-likeness (QED) is 0.363. The Bertz CT molecular complexity index is 1160. The van der Waals surface area contributed by atoms with Gasteiger partial charge in [0, 0.05) is 50.7 Å². The van der Waals surface area contributed by atoms with Crippen molar-refractivity contribution in [1.82, 2.24) is 29.7 Å². The van der Waals surface area contributed by atoms with Crippen LogP contribution in [0.25, 0.3) is 0 Å². The maximum Gasteiger partial charge on any atom is 0.254 e. The first-order chi connectivity index (χ1) is 17.8. The van der Waals surface area contributed by atoms with Crippen molar-refractivity contribution in [3.05, 3.63) is 68.6 Å². The van der Waals surface area contributed by atoms with Gasteiger partial charge in [-0.05, 0) is 67.1 Å². The monoisotopic (exact) mass is 562 g/mol. The zero-order valence-electron chi connectivity index (χ0n) is 21.1. The molecule has 0 saturated carbocycles. The van der Waals surface area contributed by atoms with E-state index >= 15 is 0 Å². The first-order valence-electron chi connectivity index (χ1n) is 12.4. The van der Waals surface area contributed by atoms with Crippen LogP contribution in [0.2, 0.25) is 10.3 Å². The fraction of sp³-hybridized carbons (Fsp3) is 0.462. The number of amides is 2. The van der Waals surface area contributed by atoms with Gasteiger partial charge in [0.2, 0.25) is 5.91 Å². The minimum Gasteiger partial charge on any atom is -0.352 e. The Balaban J connectivity index is 1.28. The number of aromatic nitrogens is 3. The molecule has 1 unspecified atom stereocenters. The van der Waals surface area contributed by atoms with E-state index in [-0.39, 0.29) is 28.2 Å². The maximum absolute atomic E-state index is 13.2. The van der Waals surface area contributed by atoms with Gasteiger partial charge >= 0.3 is 0 Å². The van der Waals surface area contributed by atoms with E-state index < -0.39 is 0 Å². The van der Waals surface area contributed by atoms with Crippen molar-refractivity contribution in [1.29, 1.82) is 0 Å². The number of nitrogens with one attached hydrogen (secondary N) is 1. The fourth-order valence-corrected chi connectivity index (χ4v) is 6.08. The number of aryl methyl sites for hydroxylation is 1. The van der Waals surface area contributed by atoms with Crippen molar-refractivity contribution in [3.63, 3.8) is 0 Å². The lowest BCUT2D eigenvalue weighted by Gasteiger charge is -2.41. The van der Waals surface area contributed by atoms with E-state index in [0.29, 0.717) is 36.8 Å². The van der Waals surface area contributed by atoms with Crippen molar-refractivity contribution in [2.45, 2.75) is 58.3 Å². The highest BCUT2D eigenvalue weighted by atomic mass is 35.5. The highest BCUT2D eigenvalue weighted by molar-refractivity contribution is 7.07. The van der Waals surface area contributed by atoms with Crippen LogP contribution >= 0.6 is 34.5 Å². The molecule has 0 spiro atoms. The number of rotatable bonds is 10. The SMILES string of the molecule is Cc1cc(Cl)nc(Cl)c1C(=O)NCCC(C)N1CCC(N(Cc2ccsc2)C(=O)Cn2ccnc2)CC1. The molecule has 0 bridgehead atoms. The van der Waals surface area contributed by atoms with E-state index in [9.17, 15) is 9.59 Å². The number of halogens is 2. The van der Waals surface area contributed by atoms with Crippen LogP contribution in [0.4, 0.5) is 0 Å². The number of likely N-dealkylation sites (tertiary alicyclic amines) is 1. The van der Waals surface area contributed by atoms with Crippen LogP contribution in [-0.4, -0.2) is 67.9 Å². The van der Waals surface area contributed by atoms with E-state index in [0.717, 1.165) is 32.4 Å². The van der Waals surface area contributed by atoms with Gasteiger partial charge in [0.1, 0.15) is 16.9 Å². The first-order valence-corrected chi connectivity index (χ1v) is 14.1. The van der Waals surface area contributed by atoms with Crippen LogP contribution in [0, 0.1) is 6.92 Å². The van der Waals surface area contributed by atoms with Gasteiger partial charge in [0.25, 0.3) is 5.91 Å². The average Bonchev–Trinajstić information content (AvgIpc) is 3.56. The summed E-state index contributed by atoms with van der Waals surface area (Å²) in [6.45, 7) is 7.25. The third kappa shape index (κ3) is 7.31. The molecule has 1 saturated heterocycles. The highest BCUT2D eigenvalue weighted by Crippen LogP contribution is 2.23. The molecule has 3 aromatic heterocycles. The molecule has 2 amide bonds. The molecule has 37 heavy (non-hydrogen) atoms. The molecule has 8 nitrogen and oxygen atoms in total. The van der Waals surface area contributed by atoms with Gasteiger partial charge in [0.15, 0.2) is 0 Å². The molecule has 11 heteroatoms. The summed E-state index contributed by atoms with van der Waals surface area (Å²) in [5.41, 5.74) is 2.24. The third-order valence-electron chi connectivity index (χ3n) is 6.91. The normalized spacial score (nSPS) is 15.5. The lowest BCUT2D eigenvalue weighted by atomic mass is 10.00. The summed E-state index contributed by atoms with van der Waals surface area (Å²) >= 11 is 13.7. The van der Waals surface area contributed by atoms with E-state index in [1.165, 1.54) is 5.56 Å². The van der Waals surface area contributed by atoms with Crippen LogP contribution in [0.15, 0.2) is 41.6 Å². The summed E-state index contributed by atoms with van der Waals surface area (Å²) in [6.07, 6.45) is 7.85. The molecule has 1 N–H and O–H groups in total. The third-order valence-corrected chi connectivity index (χ3v) is 8.11. The number of carbonyl (C=O) groups is 2. The second-order valence-corrected chi connectivity index (χ2v) is 11.0. The van der Waals surface area contributed by atoms with Crippen molar-refractivity contribution >= 4 is 46.4 Å². The van der Waals surface area contributed by atoms with Gasteiger partial charge in [-0.25, -0.2) is 9.97 Å². The lowest BCUT2D eigenvalue weighted by molar-refractivity contribution is -0.136. The number of hydrogen-bond acceptors (Lipinski definition) is 6. The summed E-state index contributed by atoms with van der Waals surface area (Å²) in [4.78, 5) is 38.4. The predicted octanol–water partition coefficient (Wildman–Crippen LogP) is 4.66. The molecule has 0 radical (unpaired) electrons. The lowest BCUT2D eigenvalue weighted by Crippen LogP contribution is -2.50. The molecule has 1 fully saturated rings. The van der Waals surface area contributed by atoms with E-state index in [2.05, 4.69) is 43.9 Å². The van der Waals surface area contributed by atoms with Crippen molar-refractivity contribution < 1.29 is 9.59 Å². The Kier molecular flexibility index (Phi) is 9.59. The van der Waals surface area contributed by atoms with E-state index in [1.54, 1.807) is 36.9 Å². The Morgan fingerprint density at radius 1 is 1.30 bits per heavy atom. The average molecular weight is 564 g/mol. The van der Waals surface area contributed by atoms with Crippen LogP contribution in [0.3, 0.4) is 0 Å². The molecule has 1 aliphatic rings. The number of thiophene rings is 1. The maximum atomic E-state index is 13.2. The summed E-state index contributed by atoms with van der Waals surface area (Å²) < 4.78 is 1.82. The second-order valence-electron chi connectivity index (χ2n) is 9.48. The van der Waals surface area contributed by atoms with Gasteiger partial charge in [-0.2, -0.15) is 11.3 Å². The number of hydrogen-bond donors (Lipinski definition) is 1. The molecule has 4 rings (SSSR count). The van der Waals surface area contributed by atoms with E-state index in [4.69, 9.17) is 23.2 Å². The van der Waals surface area contributed by atoms with E-state index in [1.807, 2.05) is 15.7 Å². The molecule has 3 aromatic rings. The summed E-state index contributed by atoms with van der Waals surface area (Å²) in [5, 5.41) is 7.51. The summed E-state index contributed by atoms with van der Waals surface area (Å²) in [6, 6.07) is 4.22. The number of imidazole rings is 1. The smallest absolute Gasteiger partial charge is 0.254 e. The van der Waals surface area contributed by atoms with Crippen molar-refractivity contribution in [3.8, 4) is 0 Å². The fourth-order valence-electron chi connectivity index (χ4n) is 4.80. The molecule has 0 aromatic carbocycles. The van der Waals surface area contributed by atoms with Gasteiger partial charge in [0.05, 0.1) is 11.9 Å². The van der Waals surface area contributed by atoms with Crippen LogP contribution in [0.1, 0.15) is 47.7 Å². The Labute approximate surface area is 231 Å². The van der Waals surface area contributed by atoms with Crippen LogP contribution in [-0.2, 0) is 17.9 Å². The minimum absolute atomic E-state index is 0.115. The minimum atomic E-state index is -0.238. The predicted molar refractivity (Wildman–Crippen MR) is 147 cm³/mol. The summed E-state index contributed by atoms with van der Waals surface area (Å²) in [5.74, 6) is -0.123. The highest BCUT2D eigenvalue weighted by Gasteiger charge is 2.30. The van der Waals surface area contributed by atoms with Crippen LogP contribution < -0.4 is 5.32 Å². The Morgan fingerprint density at radius 3 is 2.73 bits per heavy atom. The second kappa shape index (κ2) is 12.9. The van der Waals surface area contributed by atoms with Crippen molar-refractivity contribution in [2.75, 3.05) is 19.6 Å². The number of pyridine rings is 1. The van der Waals surface area contributed by atoms with Gasteiger partial charge in [-0.15, -0.1) is 0 Å². The largest absolute Gasteiger partial charge is 0.352 e. The Hall–Kier alpha value is -2.46. The topological polar surface area (TPSA) is 83.4 Å². The van der Waals surface area contributed by atoms with Gasteiger partial charge in [-0.1, -0.05) is 23.2 Å². The van der Waals surface area contributed by atoms with Crippen molar-refractivity contribution in [2.24, 2.45) is 0 Å². The van der Waals surface area contributed by atoms with Crippen LogP contribution in [0.5, 0.6) is 0 Å². The zero-order chi connectivity index (χ0) is 26.4. The molecule has 1 atom stereocenters. The zero-order valence-corrected chi connectivity index (χ0v) is 23.4.